The first kappa shape index (κ1) is 5.27. The Morgan fingerprint density at radius 3 is 2.89 bits per heavy atom. The minimum Gasteiger partial charge on any atom is -0.469 e. The van der Waals surface area contributed by atoms with E-state index < -0.39 is 0 Å². The van der Waals surface area contributed by atoms with Crippen LogP contribution in [0, 0.1) is 5.92 Å². The maximum atomic E-state index is 10.9. The zero-order valence-corrected chi connectivity index (χ0v) is 5.43. The number of hydrogen-bond donors (Lipinski definition) is 0. The molecule has 1 aliphatic carbocycles. The number of carbonyl (C=O) groups is 1. The molecule has 0 radical (unpaired) electrons. The van der Waals surface area contributed by atoms with Crippen molar-refractivity contribution in [2.45, 2.75) is 25.7 Å². The van der Waals surface area contributed by atoms with Crippen LogP contribution in [0.15, 0.2) is 0 Å². The SMILES string of the molecule is [2H]COC(=O)C1CCCC1. The third-order valence-electron chi connectivity index (χ3n) is 1.83. The van der Waals surface area contributed by atoms with Crippen LogP contribution in [-0.2, 0) is 9.53 Å². The number of rotatable bonds is 1. The molecule has 9 heavy (non-hydrogen) atoms. The van der Waals surface area contributed by atoms with Gasteiger partial charge in [0.05, 0.1) is 14.4 Å². The summed E-state index contributed by atoms with van der Waals surface area (Å²) >= 11 is 0. The van der Waals surface area contributed by atoms with Crippen LogP contribution >= 0.6 is 0 Å². The summed E-state index contributed by atoms with van der Waals surface area (Å²) in [5, 5.41) is 0. The van der Waals surface area contributed by atoms with Crippen molar-refractivity contribution in [3.63, 3.8) is 0 Å². The second kappa shape index (κ2) is 2.85. The van der Waals surface area contributed by atoms with Crippen molar-refractivity contribution in [2.75, 3.05) is 7.09 Å². The molecular weight excluding hydrogens is 116 g/mol. The first-order chi connectivity index (χ1) is 4.84. The topological polar surface area (TPSA) is 26.3 Å². The molecular formula is C7H12O2. The Hall–Kier alpha value is -0.530. The molecule has 0 amide bonds. The Kier molecular flexibility index (Phi) is 1.67. The van der Waals surface area contributed by atoms with Crippen molar-refractivity contribution in [2.24, 2.45) is 5.92 Å². The first-order valence-corrected chi connectivity index (χ1v) is 3.30. The maximum Gasteiger partial charge on any atom is 0.308 e. The monoisotopic (exact) mass is 129 g/mol. The summed E-state index contributed by atoms with van der Waals surface area (Å²) in [6.07, 6.45) is 4.19. The van der Waals surface area contributed by atoms with E-state index in [4.69, 9.17) is 1.37 Å². The molecule has 0 atom stereocenters. The summed E-state index contributed by atoms with van der Waals surface area (Å²) in [5.41, 5.74) is 0. The van der Waals surface area contributed by atoms with E-state index in [2.05, 4.69) is 4.74 Å². The molecule has 0 aromatic heterocycles. The standard InChI is InChI=1S/C7H12O2/c1-9-7(8)6-4-2-3-5-6/h6H,2-5H2,1H3/i1D. The Morgan fingerprint density at radius 1 is 1.67 bits per heavy atom. The molecule has 0 unspecified atom stereocenters. The van der Waals surface area contributed by atoms with Crippen molar-refractivity contribution >= 4 is 5.97 Å². The van der Waals surface area contributed by atoms with E-state index in [1.165, 1.54) is 0 Å². The Labute approximate surface area is 56.6 Å². The second-order valence-electron chi connectivity index (χ2n) is 2.44. The number of esters is 1. The van der Waals surface area contributed by atoms with Crippen LogP contribution in [0.2, 0.25) is 0 Å². The molecule has 1 saturated carbocycles. The molecule has 0 aromatic rings. The fourth-order valence-corrected chi connectivity index (χ4v) is 1.28. The van der Waals surface area contributed by atoms with Gasteiger partial charge < -0.3 is 4.74 Å². The van der Waals surface area contributed by atoms with Gasteiger partial charge in [-0.05, 0) is 12.8 Å². The van der Waals surface area contributed by atoms with Crippen molar-refractivity contribution in [1.29, 1.82) is 0 Å². The molecule has 2 nitrogen and oxygen atoms in total. The van der Waals surface area contributed by atoms with Crippen LogP contribution in [0.25, 0.3) is 0 Å². The number of hydrogen-bond acceptors (Lipinski definition) is 2. The Morgan fingerprint density at radius 2 is 2.33 bits per heavy atom. The highest BCUT2D eigenvalue weighted by Crippen LogP contribution is 2.25. The lowest BCUT2D eigenvalue weighted by molar-refractivity contribution is -0.145. The molecule has 0 bridgehead atoms. The summed E-state index contributed by atoms with van der Waals surface area (Å²) in [5.74, 6) is -0.0714. The lowest BCUT2D eigenvalue weighted by Crippen LogP contribution is -2.11. The molecule has 1 fully saturated rings. The van der Waals surface area contributed by atoms with Crippen LogP contribution in [0.5, 0.6) is 0 Å². The average molecular weight is 129 g/mol. The average Bonchev–Trinajstić information content (AvgIpc) is 2.38. The molecule has 2 heteroatoms. The molecule has 0 aliphatic heterocycles. The fourth-order valence-electron chi connectivity index (χ4n) is 1.28. The molecule has 0 aromatic carbocycles. The highest BCUT2D eigenvalue weighted by Gasteiger charge is 2.22. The van der Waals surface area contributed by atoms with E-state index in [1.54, 1.807) is 0 Å². The Bertz CT molecular complexity index is 119. The maximum absolute atomic E-state index is 10.9. The van der Waals surface area contributed by atoms with Gasteiger partial charge in [0.25, 0.3) is 0 Å². The van der Waals surface area contributed by atoms with Crippen molar-refractivity contribution < 1.29 is 10.9 Å². The van der Waals surface area contributed by atoms with Gasteiger partial charge in [0.2, 0.25) is 0 Å². The van der Waals surface area contributed by atoms with Crippen molar-refractivity contribution in [3.8, 4) is 0 Å². The summed E-state index contributed by atoms with van der Waals surface area (Å²) in [6.45, 7) is 0. The third-order valence-corrected chi connectivity index (χ3v) is 1.83. The molecule has 0 N–H and O–H groups in total. The number of carbonyl (C=O) groups excluding carboxylic acids is 1. The fraction of sp³-hybridized carbons (Fsp3) is 0.857. The van der Waals surface area contributed by atoms with Gasteiger partial charge in [0.15, 0.2) is 0 Å². The summed E-state index contributed by atoms with van der Waals surface area (Å²) < 4.78 is 11.2. The van der Waals surface area contributed by atoms with Gasteiger partial charge >= 0.3 is 5.97 Å². The second-order valence-corrected chi connectivity index (χ2v) is 2.44. The smallest absolute Gasteiger partial charge is 0.308 e. The molecule has 0 spiro atoms. The summed E-state index contributed by atoms with van der Waals surface area (Å²) in [6, 6.07) is 0. The third kappa shape index (κ3) is 1.44. The van der Waals surface area contributed by atoms with Crippen LogP contribution < -0.4 is 0 Å². The predicted octanol–water partition coefficient (Wildman–Crippen LogP) is 1.35. The summed E-state index contributed by atoms with van der Waals surface area (Å²) in [7, 11) is -0.227. The van der Waals surface area contributed by atoms with Gasteiger partial charge in [-0.1, -0.05) is 12.8 Å². The highest BCUT2D eigenvalue weighted by molar-refractivity contribution is 5.72. The van der Waals surface area contributed by atoms with Gasteiger partial charge in [0.1, 0.15) is 0 Å². The normalized spacial score (nSPS) is 21.6. The number of ether oxygens (including phenoxy) is 1. The van der Waals surface area contributed by atoms with Crippen molar-refractivity contribution in [3.05, 3.63) is 0 Å². The zero-order valence-electron chi connectivity index (χ0n) is 6.43. The van der Waals surface area contributed by atoms with E-state index in [0.717, 1.165) is 25.7 Å². The zero-order chi connectivity index (χ0) is 7.40. The lowest BCUT2D eigenvalue weighted by Gasteiger charge is -2.03. The van der Waals surface area contributed by atoms with Gasteiger partial charge in [-0.2, -0.15) is 0 Å². The molecule has 1 aliphatic rings. The predicted molar refractivity (Wildman–Crippen MR) is 34.0 cm³/mol. The van der Waals surface area contributed by atoms with E-state index >= 15 is 0 Å². The largest absolute Gasteiger partial charge is 0.469 e. The van der Waals surface area contributed by atoms with Crippen LogP contribution in [0.4, 0.5) is 0 Å². The lowest BCUT2D eigenvalue weighted by atomic mass is 10.1. The molecule has 1 rings (SSSR count). The highest BCUT2D eigenvalue weighted by atomic mass is 16.5. The summed E-state index contributed by atoms with van der Waals surface area (Å²) in [4.78, 5) is 10.9. The van der Waals surface area contributed by atoms with E-state index in [9.17, 15) is 4.79 Å². The van der Waals surface area contributed by atoms with E-state index in [0.29, 0.717) is 0 Å². The Balaban J connectivity index is 2.25. The van der Waals surface area contributed by atoms with Gasteiger partial charge in [-0.25, -0.2) is 0 Å². The van der Waals surface area contributed by atoms with Crippen LogP contribution in [0.1, 0.15) is 27.1 Å². The molecule has 0 saturated heterocycles. The van der Waals surface area contributed by atoms with Gasteiger partial charge in [0, 0.05) is 0 Å². The first-order valence-electron chi connectivity index (χ1n) is 4.01. The quantitative estimate of drug-likeness (QED) is 0.499. The van der Waals surface area contributed by atoms with E-state index in [1.807, 2.05) is 0 Å². The van der Waals surface area contributed by atoms with E-state index in [-0.39, 0.29) is 19.0 Å². The minimum atomic E-state index is -0.227. The van der Waals surface area contributed by atoms with Crippen LogP contribution in [0.3, 0.4) is 0 Å². The molecule has 0 heterocycles. The minimum absolute atomic E-state index is 0.102. The van der Waals surface area contributed by atoms with Gasteiger partial charge in [-0.3, -0.25) is 4.79 Å². The molecule has 52 valence electrons. The van der Waals surface area contributed by atoms with Crippen LogP contribution in [-0.4, -0.2) is 13.1 Å². The van der Waals surface area contributed by atoms with Crippen molar-refractivity contribution in [1.82, 2.24) is 0 Å². The van der Waals surface area contributed by atoms with Gasteiger partial charge in [-0.15, -0.1) is 0 Å². The number of methoxy groups -OCH3 is 1.